The first-order valence-electron chi connectivity index (χ1n) is 13.0. The molecule has 168 valence electrons. The van der Waals surface area contributed by atoms with E-state index in [0.29, 0.717) is 0 Å². The summed E-state index contributed by atoms with van der Waals surface area (Å²) >= 11 is 0. The second kappa shape index (κ2) is 18.9. The Labute approximate surface area is 176 Å². The van der Waals surface area contributed by atoms with Crippen LogP contribution in [0.15, 0.2) is 0 Å². The van der Waals surface area contributed by atoms with E-state index < -0.39 is 0 Å². The molecular weight excluding hydrogens is 344 g/mol. The minimum atomic E-state index is -0.127. The highest BCUT2D eigenvalue weighted by Gasteiger charge is 2.30. The average Bonchev–Trinajstić information content (AvgIpc) is 2.84. The van der Waals surface area contributed by atoms with Crippen molar-refractivity contribution < 1.29 is 10.2 Å². The highest BCUT2D eigenvalue weighted by molar-refractivity contribution is 4.81. The molecule has 0 amide bonds. The van der Waals surface area contributed by atoms with Gasteiger partial charge in [0.1, 0.15) is 0 Å². The molecule has 4 rings (SSSR count). The third kappa shape index (κ3) is 14.0. The largest absolute Gasteiger partial charge is 0.396 e. The van der Waals surface area contributed by atoms with E-state index in [1.807, 2.05) is 0 Å². The van der Waals surface area contributed by atoms with Crippen molar-refractivity contribution in [2.24, 2.45) is 5.41 Å². The zero-order valence-electron chi connectivity index (χ0n) is 19.1. The molecule has 2 heteroatoms. The van der Waals surface area contributed by atoms with Crippen LogP contribution in [0.4, 0.5) is 0 Å². The Morgan fingerprint density at radius 2 is 0.500 bits per heavy atom. The molecule has 0 spiro atoms. The van der Waals surface area contributed by atoms with E-state index in [1.54, 1.807) is 0 Å². The molecule has 0 aromatic rings. The Kier molecular flexibility index (Phi) is 17.5. The summed E-state index contributed by atoms with van der Waals surface area (Å²) in [6.07, 6.45) is 32.6. The van der Waals surface area contributed by atoms with E-state index in [4.69, 9.17) is 10.2 Å². The van der Waals surface area contributed by atoms with Crippen LogP contribution < -0.4 is 0 Å². The van der Waals surface area contributed by atoms with Gasteiger partial charge in [0.15, 0.2) is 0 Å². The summed E-state index contributed by atoms with van der Waals surface area (Å²) in [5, 5.41) is 18.0. The Hall–Kier alpha value is -0.0800. The van der Waals surface area contributed by atoms with Crippen molar-refractivity contribution in [3.63, 3.8) is 0 Å². The van der Waals surface area contributed by atoms with E-state index in [0.717, 1.165) is 12.8 Å². The standard InChI is InChI=1S/C8H16O2.3C6H12/c9-6-8(7-10)4-2-1-3-5-8;3*1-2-4-6-5-3-1/h9-10H,1-7H2;3*1-6H2. The quantitative estimate of drug-likeness (QED) is 0.497. The number of aliphatic hydroxyl groups is 2. The van der Waals surface area contributed by atoms with Crippen molar-refractivity contribution in [2.75, 3.05) is 13.2 Å². The van der Waals surface area contributed by atoms with Crippen LogP contribution in [0.1, 0.15) is 148 Å². The van der Waals surface area contributed by atoms with Crippen LogP contribution in [0.2, 0.25) is 0 Å². The van der Waals surface area contributed by atoms with Gasteiger partial charge in [0, 0.05) is 5.41 Å². The van der Waals surface area contributed by atoms with E-state index >= 15 is 0 Å². The van der Waals surface area contributed by atoms with Gasteiger partial charge < -0.3 is 10.2 Å². The maximum atomic E-state index is 8.98. The lowest BCUT2D eigenvalue weighted by molar-refractivity contribution is 0.0234. The van der Waals surface area contributed by atoms with Gasteiger partial charge in [-0.2, -0.15) is 0 Å². The van der Waals surface area contributed by atoms with Crippen LogP contribution in [0, 0.1) is 5.41 Å². The second-order valence-corrected chi connectivity index (χ2v) is 9.74. The van der Waals surface area contributed by atoms with Gasteiger partial charge in [0.25, 0.3) is 0 Å². The van der Waals surface area contributed by atoms with E-state index in [9.17, 15) is 0 Å². The summed E-state index contributed by atoms with van der Waals surface area (Å²) < 4.78 is 0. The number of aliphatic hydroxyl groups excluding tert-OH is 2. The van der Waals surface area contributed by atoms with Crippen LogP contribution in [-0.2, 0) is 0 Å². The van der Waals surface area contributed by atoms with Crippen LogP contribution in [0.5, 0.6) is 0 Å². The van der Waals surface area contributed by atoms with Crippen LogP contribution in [0.25, 0.3) is 0 Å². The van der Waals surface area contributed by atoms with Crippen molar-refractivity contribution in [3.8, 4) is 0 Å². The zero-order valence-corrected chi connectivity index (χ0v) is 19.1. The summed E-state index contributed by atoms with van der Waals surface area (Å²) in [5.74, 6) is 0. The molecule has 0 saturated heterocycles. The molecule has 2 N–H and O–H groups in total. The van der Waals surface area contributed by atoms with Crippen molar-refractivity contribution >= 4 is 0 Å². The van der Waals surface area contributed by atoms with Gasteiger partial charge in [-0.15, -0.1) is 0 Å². The Morgan fingerprint density at radius 3 is 0.643 bits per heavy atom. The molecular formula is C26H52O2. The van der Waals surface area contributed by atoms with Crippen molar-refractivity contribution in [2.45, 2.75) is 148 Å². The summed E-state index contributed by atoms with van der Waals surface area (Å²) in [6.45, 7) is 0.312. The smallest absolute Gasteiger partial charge is 0.0509 e. The molecule has 4 aliphatic carbocycles. The van der Waals surface area contributed by atoms with Gasteiger partial charge in [-0.25, -0.2) is 0 Å². The zero-order chi connectivity index (χ0) is 20.2. The first-order valence-corrected chi connectivity index (χ1v) is 13.0. The van der Waals surface area contributed by atoms with Crippen LogP contribution in [-0.4, -0.2) is 23.4 Å². The van der Waals surface area contributed by atoms with Crippen LogP contribution in [0.3, 0.4) is 0 Å². The fourth-order valence-corrected chi connectivity index (χ4v) is 4.85. The van der Waals surface area contributed by atoms with Crippen molar-refractivity contribution in [1.29, 1.82) is 0 Å². The van der Waals surface area contributed by atoms with Gasteiger partial charge in [-0.1, -0.05) is 135 Å². The lowest BCUT2D eigenvalue weighted by Crippen LogP contribution is -2.31. The monoisotopic (exact) mass is 396 g/mol. The second-order valence-electron chi connectivity index (χ2n) is 9.74. The summed E-state index contributed by atoms with van der Waals surface area (Å²) in [5.41, 5.74) is -0.127. The minimum Gasteiger partial charge on any atom is -0.396 e. The molecule has 28 heavy (non-hydrogen) atoms. The highest BCUT2D eigenvalue weighted by Crippen LogP contribution is 2.34. The molecule has 0 aromatic heterocycles. The topological polar surface area (TPSA) is 40.5 Å². The number of hydrogen-bond acceptors (Lipinski definition) is 2. The Morgan fingerprint density at radius 1 is 0.321 bits per heavy atom. The fraction of sp³-hybridized carbons (Fsp3) is 1.00. The highest BCUT2D eigenvalue weighted by atomic mass is 16.3. The first kappa shape index (κ1) is 26.0. The molecule has 0 heterocycles. The fourth-order valence-electron chi connectivity index (χ4n) is 4.85. The minimum absolute atomic E-state index is 0.127. The van der Waals surface area contributed by atoms with Gasteiger partial charge in [0.2, 0.25) is 0 Å². The van der Waals surface area contributed by atoms with E-state index in [2.05, 4.69) is 0 Å². The van der Waals surface area contributed by atoms with Gasteiger partial charge in [-0.05, 0) is 12.8 Å². The SMILES string of the molecule is C1CCCCC1.C1CCCCC1.C1CCCCC1.OCC1(CO)CCCCC1. The molecule has 0 aliphatic heterocycles. The summed E-state index contributed by atoms with van der Waals surface area (Å²) in [4.78, 5) is 0. The van der Waals surface area contributed by atoms with E-state index in [1.165, 1.54) is 135 Å². The predicted molar refractivity (Wildman–Crippen MR) is 123 cm³/mol. The molecule has 4 fully saturated rings. The lowest BCUT2D eigenvalue weighted by Gasteiger charge is -2.33. The van der Waals surface area contributed by atoms with Gasteiger partial charge in [-0.3, -0.25) is 0 Å². The first-order chi connectivity index (χ1) is 13.8. The molecule has 2 nitrogen and oxygen atoms in total. The molecule has 4 saturated carbocycles. The maximum Gasteiger partial charge on any atom is 0.0509 e. The molecule has 0 atom stereocenters. The predicted octanol–water partition coefficient (Wildman–Crippen LogP) is 7.94. The summed E-state index contributed by atoms with van der Waals surface area (Å²) in [6, 6.07) is 0. The molecule has 0 unspecified atom stereocenters. The van der Waals surface area contributed by atoms with E-state index in [-0.39, 0.29) is 18.6 Å². The number of hydrogen-bond donors (Lipinski definition) is 2. The third-order valence-electron chi connectivity index (χ3n) is 7.09. The van der Waals surface area contributed by atoms with Gasteiger partial charge in [0.05, 0.1) is 13.2 Å². The Balaban J connectivity index is 0.000000192. The lowest BCUT2D eigenvalue weighted by atomic mass is 9.75. The summed E-state index contributed by atoms with van der Waals surface area (Å²) in [7, 11) is 0. The number of rotatable bonds is 2. The molecule has 0 bridgehead atoms. The Bertz CT molecular complexity index is 228. The van der Waals surface area contributed by atoms with Gasteiger partial charge >= 0.3 is 0 Å². The average molecular weight is 397 g/mol. The molecule has 4 aliphatic rings. The van der Waals surface area contributed by atoms with Crippen molar-refractivity contribution in [3.05, 3.63) is 0 Å². The normalized spacial score (nSPS) is 24.2. The molecule has 0 aromatic carbocycles. The maximum absolute atomic E-state index is 8.98. The molecule has 0 radical (unpaired) electrons. The van der Waals surface area contributed by atoms with Crippen molar-refractivity contribution in [1.82, 2.24) is 0 Å². The third-order valence-corrected chi connectivity index (χ3v) is 7.09. The van der Waals surface area contributed by atoms with Crippen LogP contribution >= 0.6 is 0 Å².